The summed E-state index contributed by atoms with van der Waals surface area (Å²) in [4.78, 5) is 16.7. The van der Waals surface area contributed by atoms with Crippen LogP contribution in [0.15, 0.2) is 76.7 Å². The molecule has 1 amide bonds. The predicted molar refractivity (Wildman–Crippen MR) is 129 cm³/mol. The summed E-state index contributed by atoms with van der Waals surface area (Å²) in [5.41, 5.74) is 0.307. The van der Waals surface area contributed by atoms with Gasteiger partial charge in [0.25, 0.3) is 15.9 Å². The van der Waals surface area contributed by atoms with Crippen molar-refractivity contribution >= 4 is 49.1 Å². The minimum atomic E-state index is -3.87. The molecule has 0 aliphatic carbocycles. The maximum atomic E-state index is 12.8. The molecular formula is C22H21ClN4O5S2. The van der Waals surface area contributed by atoms with E-state index in [1.165, 1.54) is 59.0 Å². The first kappa shape index (κ1) is 24.1. The molecule has 3 aromatic rings. The molecule has 1 fully saturated rings. The molecule has 1 aromatic heterocycles. The van der Waals surface area contributed by atoms with Gasteiger partial charge in [-0.3, -0.25) is 9.52 Å². The molecule has 4 rings (SSSR count). The van der Waals surface area contributed by atoms with Gasteiger partial charge in [0.05, 0.1) is 20.4 Å². The van der Waals surface area contributed by atoms with Crippen LogP contribution in [0.1, 0.15) is 23.2 Å². The third kappa shape index (κ3) is 5.22. The Morgan fingerprint density at radius 1 is 0.912 bits per heavy atom. The maximum absolute atomic E-state index is 12.8. The summed E-state index contributed by atoms with van der Waals surface area (Å²) in [6.07, 6.45) is 3.06. The highest BCUT2D eigenvalue weighted by Crippen LogP contribution is 2.26. The summed E-state index contributed by atoms with van der Waals surface area (Å²) in [7, 11) is -7.58. The topological polar surface area (TPSA) is 126 Å². The zero-order chi connectivity index (χ0) is 24.3. The summed E-state index contributed by atoms with van der Waals surface area (Å²) in [6, 6.07) is 14.3. The lowest BCUT2D eigenvalue weighted by Crippen LogP contribution is -2.28. The highest BCUT2D eigenvalue weighted by Gasteiger charge is 2.28. The molecule has 0 saturated carbocycles. The van der Waals surface area contributed by atoms with Crippen molar-refractivity contribution in [1.82, 2.24) is 9.29 Å². The maximum Gasteiger partial charge on any atom is 0.263 e. The molecule has 2 N–H and O–H groups in total. The highest BCUT2D eigenvalue weighted by atomic mass is 35.5. The lowest BCUT2D eigenvalue weighted by molar-refractivity contribution is 0.102. The number of anilines is 2. The second-order valence-corrected chi connectivity index (χ2v) is 11.6. The van der Waals surface area contributed by atoms with Crippen molar-refractivity contribution in [2.24, 2.45) is 0 Å². The number of benzene rings is 2. The van der Waals surface area contributed by atoms with Crippen molar-refractivity contribution in [2.45, 2.75) is 22.6 Å². The minimum Gasteiger partial charge on any atom is -0.322 e. The Labute approximate surface area is 202 Å². The van der Waals surface area contributed by atoms with Crippen LogP contribution >= 0.6 is 11.6 Å². The third-order valence-corrected chi connectivity index (χ3v) is 8.81. The average molecular weight is 521 g/mol. The number of carbonyl (C=O) groups is 1. The van der Waals surface area contributed by atoms with Crippen molar-refractivity contribution in [3.8, 4) is 0 Å². The number of rotatable bonds is 7. The smallest absolute Gasteiger partial charge is 0.263 e. The van der Waals surface area contributed by atoms with Gasteiger partial charge < -0.3 is 5.32 Å². The van der Waals surface area contributed by atoms with E-state index in [2.05, 4.69) is 15.0 Å². The SMILES string of the molecule is O=C(Nc1ccc(S(=O)(=O)Nc2ccccn2)cc1)c1cc(S(=O)(=O)N2CCCC2)ccc1Cl. The molecule has 1 saturated heterocycles. The van der Waals surface area contributed by atoms with Crippen LogP contribution in [-0.2, 0) is 20.0 Å². The molecule has 0 unspecified atom stereocenters. The third-order valence-electron chi connectivity index (χ3n) is 5.21. The molecule has 1 aliphatic rings. The fourth-order valence-electron chi connectivity index (χ4n) is 3.45. The standard InChI is InChI=1S/C22H21ClN4O5S2/c23-20-11-10-18(34(31,32)27-13-3-4-14-27)15-19(20)22(28)25-16-6-8-17(9-7-16)33(29,30)26-21-5-1-2-12-24-21/h1-2,5-12,15H,3-4,13-14H2,(H,24,26)(H,25,28). The summed E-state index contributed by atoms with van der Waals surface area (Å²) in [5, 5.41) is 2.71. The Hall–Kier alpha value is -2.99. The van der Waals surface area contributed by atoms with E-state index >= 15 is 0 Å². The average Bonchev–Trinajstić information content (AvgIpc) is 3.36. The van der Waals surface area contributed by atoms with Crippen LogP contribution in [0.4, 0.5) is 11.5 Å². The first-order chi connectivity index (χ1) is 16.2. The van der Waals surface area contributed by atoms with E-state index in [1.54, 1.807) is 12.1 Å². The number of hydrogen-bond acceptors (Lipinski definition) is 6. The van der Waals surface area contributed by atoms with Crippen molar-refractivity contribution in [2.75, 3.05) is 23.1 Å². The Kier molecular flexibility index (Phi) is 6.89. The number of nitrogens with zero attached hydrogens (tertiary/aromatic N) is 2. The number of sulfonamides is 2. The Bertz CT molecular complexity index is 1410. The zero-order valence-corrected chi connectivity index (χ0v) is 20.2. The number of amides is 1. The van der Waals surface area contributed by atoms with Crippen LogP contribution < -0.4 is 10.0 Å². The molecule has 0 bridgehead atoms. The molecule has 0 radical (unpaired) electrons. The first-order valence-electron chi connectivity index (χ1n) is 10.3. The van der Waals surface area contributed by atoms with Gasteiger partial charge in [-0.25, -0.2) is 21.8 Å². The number of aromatic nitrogens is 1. The van der Waals surface area contributed by atoms with Gasteiger partial charge in [0, 0.05) is 25.0 Å². The van der Waals surface area contributed by atoms with Crippen LogP contribution in [0.2, 0.25) is 5.02 Å². The van der Waals surface area contributed by atoms with Crippen molar-refractivity contribution < 1.29 is 21.6 Å². The molecule has 34 heavy (non-hydrogen) atoms. The molecule has 1 aliphatic heterocycles. The minimum absolute atomic E-state index is 0.00421. The van der Waals surface area contributed by atoms with E-state index in [0.29, 0.717) is 18.8 Å². The molecule has 12 heteroatoms. The van der Waals surface area contributed by atoms with E-state index in [0.717, 1.165) is 12.8 Å². The van der Waals surface area contributed by atoms with Crippen molar-refractivity contribution in [3.63, 3.8) is 0 Å². The molecular weight excluding hydrogens is 500 g/mol. The molecule has 0 spiro atoms. The monoisotopic (exact) mass is 520 g/mol. The molecule has 2 heterocycles. The van der Waals surface area contributed by atoms with Gasteiger partial charge >= 0.3 is 0 Å². The summed E-state index contributed by atoms with van der Waals surface area (Å²) < 4.78 is 54.5. The van der Waals surface area contributed by atoms with Crippen LogP contribution in [0.25, 0.3) is 0 Å². The van der Waals surface area contributed by atoms with Crippen molar-refractivity contribution in [1.29, 1.82) is 0 Å². The normalized spacial score (nSPS) is 14.6. The molecule has 9 nitrogen and oxygen atoms in total. The lowest BCUT2D eigenvalue weighted by atomic mass is 10.2. The van der Waals surface area contributed by atoms with Gasteiger partial charge in [-0.2, -0.15) is 4.31 Å². The lowest BCUT2D eigenvalue weighted by Gasteiger charge is -2.16. The van der Waals surface area contributed by atoms with E-state index < -0.39 is 26.0 Å². The van der Waals surface area contributed by atoms with Gasteiger partial charge in [-0.1, -0.05) is 17.7 Å². The number of nitrogens with one attached hydrogen (secondary N) is 2. The van der Waals surface area contributed by atoms with Crippen LogP contribution in [0.3, 0.4) is 0 Å². The van der Waals surface area contributed by atoms with Gasteiger partial charge in [0.1, 0.15) is 5.82 Å². The Balaban J connectivity index is 1.51. The second kappa shape index (κ2) is 9.71. The number of halogens is 1. The number of carbonyl (C=O) groups excluding carboxylic acids is 1. The molecule has 178 valence electrons. The van der Waals surface area contributed by atoms with Gasteiger partial charge in [0.15, 0.2) is 0 Å². The quantitative estimate of drug-likeness (QED) is 0.490. The number of pyridine rings is 1. The zero-order valence-electron chi connectivity index (χ0n) is 17.8. The molecule has 0 atom stereocenters. The largest absolute Gasteiger partial charge is 0.322 e. The summed E-state index contributed by atoms with van der Waals surface area (Å²) in [5.74, 6) is -0.441. The first-order valence-corrected chi connectivity index (χ1v) is 13.6. The second-order valence-electron chi connectivity index (χ2n) is 7.55. The Morgan fingerprint density at radius 3 is 2.24 bits per heavy atom. The van der Waals surface area contributed by atoms with Crippen LogP contribution in [0.5, 0.6) is 0 Å². The predicted octanol–water partition coefficient (Wildman–Crippen LogP) is 3.57. The van der Waals surface area contributed by atoms with Gasteiger partial charge in [0.2, 0.25) is 10.0 Å². The van der Waals surface area contributed by atoms with E-state index in [-0.39, 0.29) is 26.2 Å². The van der Waals surface area contributed by atoms with E-state index in [4.69, 9.17) is 11.6 Å². The fourth-order valence-corrected chi connectivity index (χ4v) is 6.21. The van der Waals surface area contributed by atoms with E-state index in [9.17, 15) is 21.6 Å². The summed E-state index contributed by atoms with van der Waals surface area (Å²) >= 11 is 6.17. The summed E-state index contributed by atoms with van der Waals surface area (Å²) in [6.45, 7) is 0.883. The Morgan fingerprint density at radius 2 is 1.59 bits per heavy atom. The van der Waals surface area contributed by atoms with Crippen LogP contribution in [-0.4, -0.2) is 45.1 Å². The van der Waals surface area contributed by atoms with E-state index in [1.807, 2.05) is 0 Å². The van der Waals surface area contributed by atoms with Gasteiger partial charge in [-0.05, 0) is 67.4 Å². The number of hydrogen-bond donors (Lipinski definition) is 2. The fraction of sp³-hybridized carbons (Fsp3) is 0.182. The van der Waals surface area contributed by atoms with Gasteiger partial charge in [-0.15, -0.1) is 0 Å². The molecule has 2 aromatic carbocycles. The van der Waals surface area contributed by atoms with Crippen LogP contribution in [0, 0.1) is 0 Å². The highest BCUT2D eigenvalue weighted by molar-refractivity contribution is 7.92. The van der Waals surface area contributed by atoms with Crippen molar-refractivity contribution in [3.05, 3.63) is 77.4 Å².